The number of para-hydroxylation sites is 1. The second kappa shape index (κ2) is 10.2. The number of halogens is 2. The number of hydrogen-bond acceptors (Lipinski definition) is 6. The SMILES string of the molecule is CN1C(=O)[C@]2(Cl)C[C@@H]3C(=CC[C@@H]4C(=O)N(c5ccccc5)C(=O)[C@@H]43)[C@H](c3ccc(OCc4ccccc4)cc3O)[C@]2(Cl)C1=O. The number of fused-ring (bicyclic) bond motifs is 4. The van der Waals surface area contributed by atoms with E-state index in [2.05, 4.69) is 0 Å². The predicted molar refractivity (Wildman–Crippen MR) is 163 cm³/mol. The van der Waals surface area contributed by atoms with E-state index in [1.165, 1.54) is 18.0 Å². The fourth-order valence-corrected chi connectivity index (χ4v) is 8.53. The van der Waals surface area contributed by atoms with E-state index in [0.717, 1.165) is 10.5 Å². The Hall–Kier alpha value is -4.14. The molecule has 2 heterocycles. The molecule has 1 saturated carbocycles. The van der Waals surface area contributed by atoms with E-state index in [4.69, 9.17) is 27.9 Å². The van der Waals surface area contributed by atoms with Crippen molar-refractivity contribution in [1.82, 2.24) is 4.90 Å². The van der Waals surface area contributed by atoms with E-state index >= 15 is 0 Å². The summed E-state index contributed by atoms with van der Waals surface area (Å²) in [5, 5.41) is 11.4. The monoisotopic (exact) mass is 630 g/mol. The minimum absolute atomic E-state index is 0.114. The lowest BCUT2D eigenvalue weighted by Gasteiger charge is -2.50. The zero-order chi connectivity index (χ0) is 31.0. The van der Waals surface area contributed by atoms with E-state index < -0.39 is 45.2 Å². The topological polar surface area (TPSA) is 104 Å². The van der Waals surface area contributed by atoms with Gasteiger partial charge in [0.05, 0.1) is 17.5 Å². The van der Waals surface area contributed by atoms with Crippen LogP contribution in [0, 0.1) is 17.8 Å². The summed E-state index contributed by atoms with van der Waals surface area (Å²) in [7, 11) is 1.33. The minimum Gasteiger partial charge on any atom is -0.508 e. The number of ether oxygens (including phenoxy) is 1. The average molecular weight is 632 g/mol. The Morgan fingerprint density at radius 1 is 0.886 bits per heavy atom. The first kappa shape index (κ1) is 28.6. The van der Waals surface area contributed by atoms with Gasteiger partial charge < -0.3 is 9.84 Å². The molecule has 2 saturated heterocycles. The van der Waals surface area contributed by atoms with Gasteiger partial charge in [-0.3, -0.25) is 29.0 Å². The molecule has 44 heavy (non-hydrogen) atoms. The summed E-state index contributed by atoms with van der Waals surface area (Å²) in [6, 6.07) is 23.0. The van der Waals surface area contributed by atoms with Gasteiger partial charge in [-0.25, -0.2) is 0 Å². The van der Waals surface area contributed by atoms with Gasteiger partial charge in [0.15, 0.2) is 9.75 Å². The highest BCUT2D eigenvalue weighted by atomic mass is 35.5. The summed E-state index contributed by atoms with van der Waals surface area (Å²) in [4.78, 5) is 53.3. The zero-order valence-electron chi connectivity index (χ0n) is 23.7. The average Bonchev–Trinajstić information content (AvgIpc) is 3.36. The third-order valence-corrected chi connectivity index (χ3v) is 11.0. The molecule has 3 aromatic carbocycles. The van der Waals surface area contributed by atoms with Gasteiger partial charge in [-0.2, -0.15) is 0 Å². The number of likely N-dealkylation sites (tertiary alicyclic amines) is 1. The first-order valence-corrected chi connectivity index (χ1v) is 15.2. The lowest BCUT2D eigenvalue weighted by atomic mass is 9.56. The first-order chi connectivity index (χ1) is 21.1. The van der Waals surface area contributed by atoms with Gasteiger partial charge in [0.1, 0.15) is 18.1 Å². The van der Waals surface area contributed by atoms with Crippen molar-refractivity contribution in [2.45, 2.75) is 35.1 Å². The number of alkyl halides is 2. The second-order valence-corrected chi connectivity index (χ2v) is 13.1. The summed E-state index contributed by atoms with van der Waals surface area (Å²) < 4.78 is 5.89. The van der Waals surface area contributed by atoms with E-state index in [9.17, 15) is 24.3 Å². The Kier molecular flexibility index (Phi) is 6.64. The van der Waals surface area contributed by atoms with Crippen LogP contribution in [0.1, 0.15) is 29.9 Å². The molecule has 2 aliphatic heterocycles. The van der Waals surface area contributed by atoms with Crippen LogP contribution in [-0.4, -0.2) is 50.4 Å². The van der Waals surface area contributed by atoms with Gasteiger partial charge in [-0.05, 0) is 42.5 Å². The van der Waals surface area contributed by atoms with Crippen molar-refractivity contribution < 1.29 is 29.0 Å². The molecule has 0 spiro atoms. The van der Waals surface area contributed by atoms with E-state index in [0.29, 0.717) is 17.0 Å². The van der Waals surface area contributed by atoms with Gasteiger partial charge in [-0.1, -0.05) is 66.2 Å². The molecule has 8 nitrogen and oxygen atoms in total. The van der Waals surface area contributed by atoms with Gasteiger partial charge in [0.2, 0.25) is 11.8 Å². The Morgan fingerprint density at radius 2 is 1.57 bits per heavy atom. The number of carbonyl (C=O) groups excluding carboxylic acids is 4. The van der Waals surface area contributed by atoms with Crippen molar-refractivity contribution in [1.29, 1.82) is 0 Å². The molecule has 6 atom stereocenters. The Morgan fingerprint density at radius 3 is 2.25 bits per heavy atom. The van der Waals surface area contributed by atoms with Crippen LogP contribution in [0.2, 0.25) is 0 Å². The number of benzene rings is 3. The lowest BCUT2D eigenvalue weighted by molar-refractivity contribution is -0.138. The summed E-state index contributed by atoms with van der Waals surface area (Å²) >= 11 is 14.4. The molecule has 0 radical (unpaired) electrons. The van der Waals surface area contributed by atoms with Crippen LogP contribution in [0.3, 0.4) is 0 Å². The number of nitrogens with zero attached hydrogens (tertiary/aromatic N) is 2. The van der Waals surface area contributed by atoms with Crippen molar-refractivity contribution in [3.63, 3.8) is 0 Å². The summed E-state index contributed by atoms with van der Waals surface area (Å²) in [6.45, 7) is 0.273. The van der Waals surface area contributed by atoms with Crippen LogP contribution < -0.4 is 9.64 Å². The number of rotatable bonds is 5. The van der Waals surface area contributed by atoms with Gasteiger partial charge >= 0.3 is 0 Å². The molecule has 0 aromatic heterocycles. The molecule has 1 N–H and O–H groups in total. The van der Waals surface area contributed by atoms with Crippen LogP contribution in [-0.2, 0) is 25.8 Å². The van der Waals surface area contributed by atoms with Gasteiger partial charge in [0.25, 0.3) is 11.8 Å². The maximum atomic E-state index is 14.0. The fraction of sp³-hybridized carbons (Fsp3) is 0.294. The number of anilines is 1. The highest BCUT2D eigenvalue weighted by Crippen LogP contribution is 2.66. The van der Waals surface area contributed by atoms with Crippen molar-refractivity contribution in [3.05, 3.63) is 102 Å². The molecule has 7 rings (SSSR count). The molecule has 3 fully saturated rings. The molecule has 4 aliphatic rings. The third-order valence-electron chi connectivity index (χ3n) is 9.59. The summed E-state index contributed by atoms with van der Waals surface area (Å²) in [6.07, 6.45) is 1.96. The second-order valence-electron chi connectivity index (χ2n) is 11.8. The van der Waals surface area contributed by atoms with Gasteiger partial charge in [0, 0.05) is 24.6 Å². The standard InChI is InChI=1S/C34H28Cl2N2O6/c1-37-31(42)33(35)17-25-22(14-15-24-27(25)30(41)38(29(24)40)20-10-6-3-7-11-20)28(34(33,36)32(37)43)23-13-12-21(16-26(23)39)44-18-19-8-4-2-5-9-19/h2-14,16,24-25,27-28,39H,15,17-18H2,1H3/t24-,25+,27-,28+,33+,34-/m0/s1. The molecule has 10 heteroatoms. The number of hydrogen-bond donors (Lipinski definition) is 1. The number of carbonyl (C=O) groups is 4. The summed E-state index contributed by atoms with van der Waals surface area (Å²) in [5.74, 6) is -5.08. The molecule has 0 unspecified atom stereocenters. The molecule has 2 aliphatic carbocycles. The number of aromatic hydroxyl groups is 1. The molecular weight excluding hydrogens is 603 g/mol. The minimum atomic E-state index is -1.98. The number of amides is 4. The summed E-state index contributed by atoms with van der Waals surface area (Å²) in [5.41, 5.74) is 2.30. The van der Waals surface area contributed by atoms with Crippen LogP contribution in [0.25, 0.3) is 0 Å². The van der Waals surface area contributed by atoms with E-state index in [1.54, 1.807) is 42.5 Å². The molecule has 0 bridgehead atoms. The predicted octanol–water partition coefficient (Wildman–Crippen LogP) is 5.16. The maximum Gasteiger partial charge on any atom is 0.253 e. The number of allylic oxidation sites excluding steroid dienone is 2. The molecule has 4 amide bonds. The first-order valence-electron chi connectivity index (χ1n) is 14.4. The van der Waals surface area contributed by atoms with Crippen molar-refractivity contribution in [2.75, 3.05) is 11.9 Å². The van der Waals surface area contributed by atoms with E-state index in [1.807, 2.05) is 36.4 Å². The number of imide groups is 2. The highest BCUT2D eigenvalue weighted by Gasteiger charge is 2.76. The Balaban J connectivity index is 1.31. The van der Waals surface area contributed by atoms with Crippen molar-refractivity contribution >= 4 is 52.5 Å². The maximum absolute atomic E-state index is 14.0. The largest absolute Gasteiger partial charge is 0.508 e. The highest BCUT2D eigenvalue weighted by molar-refractivity contribution is 6.53. The third kappa shape index (κ3) is 3.90. The molecule has 3 aromatic rings. The Labute approximate surface area is 263 Å². The van der Waals surface area contributed by atoms with Gasteiger partial charge in [-0.15, -0.1) is 23.2 Å². The smallest absolute Gasteiger partial charge is 0.253 e. The van der Waals surface area contributed by atoms with Crippen molar-refractivity contribution in [2.24, 2.45) is 17.8 Å². The van der Waals surface area contributed by atoms with Crippen LogP contribution >= 0.6 is 23.2 Å². The van der Waals surface area contributed by atoms with Crippen LogP contribution in [0.4, 0.5) is 5.69 Å². The van der Waals surface area contributed by atoms with Crippen molar-refractivity contribution in [3.8, 4) is 11.5 Å². The lowest BCUT2D eigenvalue weighted by Crippen LogP contribution is -2.60. The van der Waals surface area contributed by atoms with Crippen LogP contribution in [0.15, 0.2) is 90.5 Å². The number of phenols is 1. The Bertz CT molecular complexity index is 1750. The normalized spacial score (nSPS) is 31.0. The quantitative estimate of drug-likeness (QED) is 0.237. The number of phenolic OH excluding ortho intramolecular Hbond substituents is 1. The molecular formula is C34H28Cl2N2O6. The van der Waals surface area contributed by atoms with Crippen LogP contribution in [0.5, 0.6) is 11.5 Å². The van der Waals surface area contributed by atoms with E-state index in [-0.39, 0.29) is 42.6 Å². The molecule has 224 valence electrons. The zero-order valence-corrected chi connectivity index (χ0v) is 25.2. The fourth-order valence-electron chi connectivity index (χ4n) is 7.52.